The summed E-state index contributed by atoms with van der Waals surface area (Å²) >= 11 is 0. The van der Waals surface area contributed by atoms with Crippen LogP contribution < -0.4 is 14.4 Å². The summed E-state index contributed by atoms with van der Waals surface area (Å²) in [4.78, 5) is 28.3. The third-order valence-electron chi connectivity index (χ3n) is 6.16. The van der Waals surface area contributed by atoms with Crippen molar-refractivity contribution in [3.63, 3.8) is 0 Å². The fourth-order valence-corrected chi connectivity index (χ4v) is 5.32. The van der Waals surface area contributed by atoms with Crippen molar-refractivity contribution in [3.8, 4) is 5.75 Å². The minimum atomic E-state index is -4.06. The highest BCUT2D eigenvalue weighted by Crippen LogP contribution is 2.24. The van der Waals surface area contributed by atoms with Crippen molar-refractivity contribution in [1.29, 1.82) is 0 Å². The first-order valence-electron chi connectivity index (χ1n) is 12.6. The molecular formula is C29H35N3O5S. The van der Waals surface area contributed by atoms with Crippen molar-refractivity contribution in [3.05, 3.63) is 90.5 Å². The van der Waals surface area contributed by atoms with Crippen molar-refractivity contribution < 1.29 is 22.7 Å². The molecular weight excluding hydrogens is 502 g/mol. The molecule has 3 aromatic rings. The molecule has 0 radical (unpaired) electrons. The van der Waals surface area contributed by atoms with E-state index in [2.05, 4.69) is 5.32 Å². The Bertz CT molecular complexity index is 1280. The Labute approximate surface area is 225 Å². The van der Waals surface area contributed by atoms with Crippen LogP contribution in [0.15, 0.2) is 89.8 Å². The standard InChI is InChI=1S/C29H35N3O5S/c1-4-5-20-30-29(34)23(2)31(21-24-16-18-26(37-3)19-17-24)28(33)22-32(25-12-8-6-9-13-25)38(35,36)27-14-10-7-11-15-27/h6-19,23H,4-5,20-22H2,1-3H3,(H,30,34)/t23-/m0/s1. The largest absolute Gasteiger partial charge is 0.497 e. The molecule has 0 aliphatic heterocycles. The number of carbonyl (C=O) groups is 2. The highest BCUT2D eigenvalue weighted by atomic mass is 32.2. The van der Waals surface area contributed by atoms with Gasteiger partial charge in [-0.25, -0.2) is 8.42 Å². The Morgan fingerprint density at radius 1 is 0.921 bits per heavy atom. The molecule has 0 spiro atoms. The van der Waals surface area contributed by atoms with Crippen LogP contribution in [0.4, 0.5) is 5.69 Å². The van der Waals surface area contributed by atoms with Crippen LogP contribution in [0, 0.1) is 0 Å². The average Bonchev–Trinajstić information content (AvgIpc) is 2.95. The summed E-state index contributed by atoms with van der Waals surface area (Å²) in [5.74, 6) is -0.124. The number of methoxy groups -OCH3 is 1. The molecule has 0 aliphatic carbocycles. The maximum Gasteiger partial charge on any atom is 0.264 e. The molecule has 8 nitrogen and oxygen atoms in total. The number of rotatable bonds is 13. The van der Waals surface area contributed by atoms with E-state index in [0.29, 0.717) is 18.0 Å². The van der Waals surface area contributed by atoms with Crippen molar-refractivity contribution in [1.82, 2.24) is 10.2 Å². The second kappa shape index (κ2) is 13.6. The Morgan fingerprint density at radius 3 is 2.11 bits per heavy atom. The fraction of sp³-hybridized carbons (Fsp3) is 0.310. The summed E-state index contributed by atoms with van der Waals surface area (Å²) in [7, 11) is -2.49. The molecule has 0 heterocycles. The molecule has 3 rings (SSSR count). The van der Waals surface area contributed by atoms with E-state index in [1.165, 1.54) is 17.0 Å². The number of hydrogen-bond donors (Lipinski definition) is 1. The number of sulfonamides is 1. The number of amides is 2. The number of benzene rings is 3. The number of nitrogens with zero attached hydrogens (tertiary/aromatic N) is 2. The van der Waals surface area contributed by atoms with Gasteiger partial charge >= 0.3 is 0 Å². The van der Waals surface area contributed by atoms with E-state index in [1.807, 2.05) is 19.1 Å². The van der Waals surface area contributed by atoms with Gasteiger partial charge < -0.3 is 15.0 Å². The number of para-hydroxylation sites is 1. The van der Waals surface area contributed by atoms with E-state index in [9.17, 15) is 18.0 Å². The predicted molar refractivity (Wildman–Crippen MR) is 148 cm³/mol. The van der Waals surface area contributed by atoms with Gasteiger partial charge in [-0.05, 0) is 55.3 Å². The molecule has 202 valence electrons. The molecule has 1 N–H and O–H groups in total. The molecule has 0 aromatic heterocycles. The zero-order valence-corrected chi connectivity index (χ0v) is 22.9. The Kier molecular flexibility index (Phi) is 10.3. The molecule has 1 atom stereocenters. The third kappa shape index (κ3) is 7.35. The van der Waals surface area contributed by atoms with Gasteiger partial charge in [0, 0.05) is 13.1 Å². The monoisotopic (exact) mass is 537 g/mol. The smallest absolute Gasteiger partial charge is 0.264 e. The van der Waals surface area contributed by atoms with Crippen LogP contribution >= 0.6 is 0 Å². The number of nitrogens with one attached hydrogen (secondary N) is 1. The Balaban J connectivity index is 1.95. The second-order valence-electron chi connectivity index (χ2n) is 8.85. The van der Waals surface area contributed by atoms with Crippen LogP contribution in [-0.4, -0.2) is 51.4 Å². The minimum absolute atomic E-state index is 0.0729. The maximum atomic E-state index is 13.8. The summed E-state index contributed by atoms with van der Waals surface area (Å²) in [6.45, 7) is 3.84. The fourth-order valence-electron chi connectivity index (χ4n) is 3.89. The van der Waals surface area contributed by atoms with E-state index in [-0.39, 0.29) is 17.3 Å². The number of anilines is 1. The highest BCUT2D eigenvalue weighted by Gasteiger charge is 2.32. The lowest BCUT2D eigenvalue weighted by Gasteiger charge is -2.32. The number of ether oxygens (including phenoxy) is 1. The van der Waals surface area contributed by atoms with Crippen molar-refractivity contribution in [2.45, 2.75) is 44.2 Å². The summed E-state index contributed by atoms with van der Waals surface area (Å²) in [6.07, 6.45) is 1.74. The van der Waals surface area contributed by atoms with Gasteiger partial charge in [0.15, 0.2) is 0 Å². The first-order valence-corrected chi connectivity index (χ1v) is 14.0. The number of hydrogen-bond acceptors (Lipinski definition) is 5. The van der Waals surface area contributed by atoms with Crippen LogP contribution in [0.25, 0.3) is 0 Å². The van der Waals surface area contributed by atoms with Crippen LogP contribution in [0.5, 0.6) is 5.75 Å². The summed E-state index contributed by atoms with van der Waals surface area (Å²) < 4.78 is 33.6. The van der Waals surface area contributed by atoms with Crippen LogP contribution in [0.3, 0.4) is 0 Å². The lowest BCUT2D eigenvalue weighted by Crippen LogP contribution is -2.51. The van der Waals surface area contributed by atoms with Gasteiger partial charge in [-0.2, -0.15) is 0 Å². The van der Waals surface area contributed by atoms with Gasteiger partial charge in [0.2, 0.25) is 11.8 Å². The SMILES string of the molecule is CCCCNC(=O)[C@H](C)N(Cc1ccc(OC)cc1)C(=O)CN(c1ccccc1)S(=O)(=O)c1ccccc1. The van der Waals surface area contributed by atoms with Crippen LogP contribution in [0.2, 0.25) is 0 Å². The summed E-state index contributed by atoms with van der Waals surface area (Å²) in [5, 5.41) is 2.88. The lowest BCUT2D eigenvalue weighted by molar-refractivity contribution is -0.139. The Morgan fingerprint density at radius 2 is 1.53 bits per heavy atom. The molecule has 2 amide bonds. The van der Waals surface area contributed by atoms with E-state index in [1.54, 1.807) is 74.7 Å². The van der Waals surface area contributed by atoms with Gasteiger partial charge in [-0.3, -0.25) is 13.9 Å². The van der Waals surface area contributed by atoms with E-state index in [4.69, 9.17) is 4.74 Å². The number of unbranched alkanes of at least 4 members (excludes halogenated alkanes) is 1. The number of carbonyl (C=O) groups excluding carboxylic acids is 2. The maximum absolute atomic E-state index is 13.8. The second-order valence-corrected chi connectivity index (χ2v) is 10.7. The summed E-state index contributed by atoms with van der Waals surface area (Å²) in [5.41, 5.74) is 1.14. The lowest BCUT2D eigenvalue weighted by atomic mass is 10.1. The van der Waals surface area contributed by atoms with Gasteiger partial charge in [-0.1, -0.05) is 61.9 Å². The zero-order valence-electron chi connectivity index (χ0n) is 22.0. The van der Waals surface area contributed by atoms with Crippen molar-refractivity contribution in [2.75, 3.05) is 24.5 Å². The van der Waals surface area contributed by atoms with E-state index in [0.717, 1.165) is 22.7 Å². The average molecular weight is 538 g/mol. The highest BCUT2D eigenvalue weighted by molar-refractivity contribution is 7.92. The third-order valence-corrected chi connectivity index (χ3v) is 7.95. The summed E-state index contributed by atoms with van der Waals surface area (Å²) in [6, 6.07) is 22.8. The van der Waals surface area contributed by atoms with Gasteiger partial charge in [0.25, 0.3) is 10.0 Å². The quantitative estimate of drug-likeness (QED) is 0.329. The minimum Gasteiger partial charge on any atom is -0.497 e. The normalized spacial score (nSPS) is 11.9. The van der Waals surface area contributed by atoms with Crippen molar-refractivity contribution >= 4 is 27.5 Å². The Hall–Kier alpha value is -3.85. The molecule has 0 aliphatic rings. The molecule has 0 unspecified atom stereocenters. The molecule has 9 heteroatoms. The molecule has 0 saturated heterocycles. The molecule has 0 bridgehead atoms. The molecule has 3 aromatic carbocycles. The van der Waals surface area contributed by atoms with E-state index >= 15 is 0 Å². The zero-order chi connectivity index (χ0) is 27.5. The van der Waals surface area contributed by atoms with Crippen LogP contribution in [-0.2, 0) is 26.2 Å². The predicted octanol–water partition coefficient (Wildman–Crippen LogP) is 4.22. The first-order chi connectivity index (χ1) is 18.3. The van der Waals surface area contributed by atoms with Crippen LogP contribution in [0.1, 0.15) is 32.3 Å². The molecule has 0 fully saturated rings. The van der Waals surface area contributed by atoms with E-state index < -0.39 is 28.5 Å². The van der Waals surface area contributed by atoms with Gasteiger partial charge in [0.05, 0.1) is 17.7 Å². The first kappa shape index (κ1) is 28.7. The molecule has 0 saturated carbocycles. The molecule has 38 heavy (non-hydrogen) atoms. The van der Waals surface area contributed by atoms with Gasteiger partial charge in [0.1, 0.15) is 18.3 Å². The van der Waals surface area contributed by atoms with Crippen molar-refractivity contribution in [2.24, 2.45) is 0 Å². The topological polar surface area (TPSA) is 96.0 Å². The van der Waals surface area contributed by atoms with Gasteiger partial charge in [-0.15, -0.1) is 0 Å².